The molecule has 0 radical (unpaired) electrons. The molecule has 1 aromatic carbocycles. The Labute approximate surface area is 146 Å². The van der Waals surface area contributed by atoms with E-state index in [1.54, 1.807) is 4.68 Å². The molecular formula is C14H13ClN6O2S. The Kier molecular flexibility index (Phi) is 4.12. The highest BCUT2D eigenvalue weighted by Gasteiger charge is 2.12. The molecule has 0 aliphatic heterocycles. The zero-order chi connectivity index (χ0) is 17.4. The van der Waals surface area contributed by atoms with E-state index in [0.29, 0.717) is 11.5 Å². The van der Waals surface area contributed by atoms with E-state index in [1.165, 1.54) is 23.0 Å². The topological polar surface area (TPSA) is 104 Å². The monoisotopic (exact) mass is 364 g/mol. The predicted molar refractivity (Wildman–Crippen MR) is 91.8 cm³/mol. The van der Waals surface area contributed by atoms with Crippen molar-refractivity contribution in [3.05, 3.63) is 44.9 Å². The highest BCUT2D eigenvalue weighted by atomic mass is 35.5. The zero-order valence-electron chi connectivity index (χ0n) is 12.7. The van der Waals surface area contributed by atoms with Crippen molar-refractivity contribution >= 4 is 30.0 Å². The fourth-order valence-corrected chi connectivity index (χ4v) is 2.56. The largest absolute Gasteiger partial charge is 0.504 e. The summed E-state index contributed by atoms with van der Waals surface area (Å²) in [5.41, 5.74) is 2.20. The van der Waals surface area contributed by atoms with E-state index in [0.717, 1.165) is 11.4 Å². The Hall–Kier alpha value is -2.65. The number of aromatic amines is 1. The van der Waals surface area contributed by atoms with Crippen LogP contribution >= 0.6 is 23.8 Å². The summed E-state index contributed by atoms with van der Waals surface area (Å²) >= 11 is 11.0. The van der Waals surface area contributed by atoms with Gasteiger partial charge >= 0.3 is 0 Å². The number of H-pyrrole nitrogens is 1. The fraction of sp³-hybridized carbons (Fsp3) is 0.143. The normalized spacial score (nSPS) is 11.5. The Morgan fingerprint density at radius 2 is 2.04 bits per heavy atom. The smallest absolute Gasteiger partial charge is 0.271 e. The van der Waals surface area contributed by atoms with Crippen molar-refractivity contribution in [2.24, 2.45) is 5.10 Å². The second-order valence-electron chi connectivity index (χ2n) is 5.09. The fourth-order valence-electron chi connectivity index (χ4n) is 2.16. The number of phenols is 2. The molecule has 3 rings (SSSR count). The van der Waals surface area contributed by atoms with Crippen LogP contribution < -0.4 is 0 Å². The van der Waals surface area contributed by atoms with E-state index >= 15 is 0 Å². The number of halogens is 1. The van der Waals surface area contributed by atoms with Crippen LogP contribution in [-0.2, 0) is 0 Å². The Bertz CT molecular complexity index is 980. The van der Waals surface area contributed by atoms with Gasteiger partial charge in [0.2, 0.25) is 4.77 Å². The molecule has 2 aromatic heterocycles. The molecule has 0 saturated heterocycles. The van der Waals surface area contributed by atoms with Gasteiger partial charge in [-0.1, -0.05) is 11.6 Å². The quantitative estimate of drug-likeness (QED) is 0.376. The summed E-state index contributed by atoms with van der Waals surface area (Å²) in [6.07, 6.45) is 1.44. The van der Waals surface area contributed by atoms with E-state index in [1.807, 2.05) is 19.9 Å². The molecule has 0 saturated carbocycles. The highest BCUT2D eigenvalue weighted by Crippen LogP contribution is 2.33. The average molecular weight is 365 g/mol. The van der Waals surface area contributed by atoms with Crippen LogP contribution in [0.25, 0.3) is 5.95 Å². The maximum atomic E-state index is 9.61. The summed E-state index contributed by atoms with van der Waals surface area (Å²) in [4.78, 5) is 0. The van der Waals surface area contributed by atoms with Crippen LogP contribution in [0.3, 0.4) is 0 Å². The van der Waals surface area contributed by atoms with Crippen molar-refractivity contribution in [2.75, 3.05) is 0 Å². The van der Waals surface area contributed by atoms with Crippen molar-refractivity contribution in [3.8, 4) is 17.4 Å². The standard InChI is InChI=1S/C14H13ClN6O2S/c1-7-3-8(2)20(19-7)13-17-18-14(24)21(13)16-6-9-4-10(15)12(23)11(22)5-9/h3-6,22-23H,1-2H3,(H,18,24)/b16-6+. The van der Waals surface area contributed by atoms with Gasteiger partial charge in [-0.15, -0.1) is 5.10 Å². The first kappa shape index (κ1) is 16.2. The number of hydrogen-bond acceptors (Lipinski definition) is 6. The minimum Gasteiger partial charge on any atom is -0.504 e. The molecule has 0 spiro atoms. The van der Waals surface area contributed by atoms with Crippen LogP contribution in [0.2, 0.25) is 5.02 Å². The lowest BCUT2D eigenvalue weighted by Crippen LogP contribution is -2.07. The number of hydrogen-bond donors (Lipinski definition) is 3. The summed E-state index contributed by atoms with van der Waals surface area (Å²) in [7, 11) is 0. The summed E-state index contributed by atoms with van der Waals surface area (Å²) in [6.45, 7) is 3.77. The Morgan fingerprint density at radius 3 is 2.67 bits per heavy atom. The van der Waals surface area contributed by atoms with E-state index in [2.05, 4.69) is 20.4 Å². The third kappa shape index (κ3) is 2.91. The van der Waals surface area contributed by atoms with Crippen molar-refractivity contribution in [2.45, 2.75) is 13.8 Å². The van der Waals surface area contributed by atoms with E-state index < -0.39 is 0 Å². The van der Waals surface area contributed by atoms with E-state index in [4.69, 9.17) is 23.8 Å². The SMILES string of the molecule is Cc1cc(C)n(-c2n[nH]c(=S)n2/N=C/c2cc(O)c(O)c(Cl)c2)n1. The van der Waals surface area contributed by atoms with Crippen molar-refractivity contribution in [1.82, 2.24) is 24.7 Å². The maximum absolute atomic E-state index is 9.61. The molecule has 24 heavy (non-hydrogen) atoms. The van der Waals surface area contributed by atoms with Gasteiger partial charge in [0, 0.05) is 5.69 Å². The summed E-state index contributed by atoms with van der Waals surface area (Å²) in [5.74, 6) is -0.313. The molecule has 0 aliphatic rings. The zero-order valence-corrected chi connectivity index (χ0v) is 14.3. The van der Waals surface area contributed by atoms with Gasteiger partial charge < -0.3 is 10.2 Å². The number of aromatic nitrogens is 5. The van der Waals surface area contributed by atoms with Gasteiger partial charge in [0.1, 0.15) is 0 Å². The van der Waals surface area contributed by atoms with Crippen LogP contribution in [0.1, 0.15) is 17.0 Å². The van der Waals surface area contributed by atoms with Gasteiger partial charge in [-0.2, -0.15) is 14.9 Å². The molecule has 0 bridgehead atoms. The highest BCUT2D eigenvalue weighted by molar-refractivity contribution is 7.71. The van der Waals surface area contributed by atoms with Gasteiger partial charge in [-0.25, -0.2) is 9.78 Å². The molecule has 0 amide bonds. The van der Waals surface area contributed by atoms with Crippen LogP contribution in [0.15, 0.2) is 23.3 Å². The number of benzene rings is 1. The average Bonchev–Trinajstić information content (AvgIpc) is 3.04. The van der Waals surface area contributed by atoms with Crippen molar-refractivity contribution < 1.29 is 10.2 Å². The van der Waals surface area contributed by atoms with Crippen molar-refractivity contribution in [3.63, 3.8) is 0 Å². The number of phenolic OH excluding ortho intramolecular Hbond substituents is 2. The number of rotatable bonds is 3. The number of aromatic hydroxyl groups is 2. The van der Waals surface area contributed by atoms with Gasteiger partial charge in [0.15, 0.2) is 11.5 Å². The first-order valence-electron chi connectivity index (χ1n) is 6.83. The molecule has 0 aliphatic carbocycles. The number of aryl methyl sites for hydroxylation is 2. The molecule has 10 heteroatoms. The first-order valence-corrected chi connectivity index (χ1v) is 7.62. The number of nitrogens with one attached hydrogen (secondary N) is 1. The molecular weight excluding hydrogens is 352 g/mol. The lowest BCUT2D eigenvalue weighted by atomic mass is 10.2. The summed E-state index contributed by atoms with van der Waals surface area (Å²) < 4.78 is 3.29. The van der Waals surface area contributed by atoms with Crippen LogP contribution in [0, 0.1) is 18.6 Å². The molecule has 124 valence electrons. The van der Waals surface area contributed by atoms with Gasteiger partial charge in [-0.3, -0.25) is 0 Å². The first-order chi connectivity index (χ1) is 11.4. The minimum absolute atomic E-state index is 0.0195. The molecule has 3 N–H and O–H groups in total. The summed E-state index contributed by atoms with van der Waals surface area (Å²) in [5, 5.41) is 34.5. The number of nitrogens with zero attached hydrogens (tertiary/aromatic N) is 5. The van der Waals surface area contributed by atoms with Gasteiger partial charge in [-0.05, 0) is 49.8 Å². The lowest BCUT2D eigenvalue weighted by molar-refractivity contribution is 0.404. The Balaban J connectivity index is 2.04. The molecule has 0 unspecified atom stereocenters. The molecule has 2 heterocycles. The Morgan fingerprint density at radius 1 is 1.29 bits per heavy atom. The molecule has 3 aromatic rings. The van der Waals surface area contributed by atoms with Gasteiger partial charge in [0.25, 0.3) is 5.95 Å². The molecule has 8 nitrogen and oxygen atoms in total. The van der Waals surface area contributed by atoms with Crippen LogP contribution in [0.4, 0.5) is 0 Å². The van der Waals surface area contributed by atoms with Crippen molar-refractivity contribution in [1.29, 1.82) is 0 Å². The second-order valence-corrected chi connectivity index (χ2v) is 5.89. The minimum atomic E-state index is -0.378. The van der Waals surface area contributed by atoms with Gasteiger partial charge in [0.05, 0.1) is 16.9 Å². The van der Waals surface area contributed by atoms with Crippen LogP contribution in [0.5, 0.6) is 11.5 Å². The molecule has 0 fully saturated rings. The van der Waals surface area contributed by atoms with E-state index in [-0.39, 0.29) is 21.3 Å². The second kappa shape index (κ2) is 6.10. The lowest BCUT2D eigenvalue weighted by Gasteiger charge is -2.04. The van der Waals surface area contributed by atoms with E-state index in [9.17, 15) is 10.2 Å². The maximum Gasteiger partial charge on any atom is 0.271 e. The predicted octanol–water partition coefficient (Wildman–Crippen LogP) is 2.69. The summed E-state index contributed by atoms with van der Waals surface area (Å²) in [6, 6.07) is 4.70. The third-order valence-corrected chi connectivity index (χ3v) is 3.77. The molecule has 0 atom stereocenters. The third-order valence-electron chi connectivity index (χ3n) is 3.22. The van der Waals surface area contributed by atoms with Crippen LogP contribution in [-0.4, -0.2) is 41.1 Å².